The zero-order valence-corrected chi connectivity index (χ0v) is 7.63. The van der Waals surface area contributed by atoms with Crippen molar-refractivity contribution in [1.29, 1.82) is 0 Å². The highest BCUT2D eigenvalue weighted by Gasteiger charge is 2.20. The predicted molar refractivity (Wildman–Crippen MR) is 48.0 cm³/mol. The number of hydrogen-bond acceptors (Lipinski definition) is 4. The van der Waals surface area contributed by atoms with E-state index in [1.54, 1.807) is 0 Å². The van der Waals surface area contributed by atoms with Crippen molar-refractivity contribution in [3.8, 4) is 5.75 Å². The van der Waals surface area contributed by atoms with Gasteiger partial charge in [-0.3, -0.25) is 0 Å². The number of alkyl halides is 2. The quantitative estimate of drug-likeness (QED) is 0.770. The highest BCUT2D eigenvalue weighted by Crippen LogP contribution is 2.33. The van der Waals surface area contributed by atoms with Gasteiger partial charge in [-0.1, -0.05) is 0 Å². The first-order valence-corrected chi connectivity index (χ1v) is 3.91. The second-order valence-electron chi connectivity index (χ2n) is 2.61. The van der Waals surface area contributed by atoms with Gasteiger partial charge in [-0.05, 0) is 0 Å². The molecule has 0 unspecified atom stereocenters. The second-order valence-corrected chi connectivity index (χ2v) is 2.61. The lowest BCUT2D eigenvalue weighted by atomic mass is 10.1. The summed E-state index contributed by atoms with van der Waals surface area (Å²) in [5.41, 5.74) is 10.6. The molecule has 0 aliphatic carbocycles. The van der Waals surface area contributed by atoms with Crippen LogP contribution in [0.4, 0.5) is 14.6 Å². The molecule has 0 aliphatic heterocycles. The maximum absolute atomic E-state index is 12.6. The Morgan fingerprint density at radius 3 is 2.64 bits per heavy atom. The minimum Gasteiger partial charge on any atom is -0.495 e. The van der Waals surface area contributed by atoms with Crippen LogP contribution < -0.4 is 16.2 Å². The van der Waals surface area contributed by atoms with Crippen molar-refractivity contribution < 1.29 is 13.5 Å². The van der Waals surface area contributed by atoms with Gasteiger partial charge in [-0.2, -0.15) is 0 Å². The summed E-state index contributed by atoms with van der Waals surface area (Å²) >= 11 is 0. The number of rotatable bonds is 3. The second kappa shape index (κ2) is 4.19. The zero-order valence-electron chi connectivity index (χ0n) is 7.63. The normalized spacial score (nSPS) is 10.6. The molecule has 1 rings (SSSR count). The van der Waals surface area contributed by atoms with E-state index in [1.165, 1.54) is 7.11 Å². The molecule has 1 aromatic heterocycles. The number of nitrogen functional groups attached to an aromatic ring is 1. The lowest BCUT2D eigenvalue weighted by Crippen LogP contribution is -2.09. The lowest BCUT2D eigenvalue weighted by Gasteiger charge is -2.13. The fourth-order valence-corrected chi connectivity index (χ4v) is 1.18. The molecule has 1 heterocycles. The Kier molecular flexibility index (Phi) is 3.19. The molecule has 14 heavy (non-hydrogen) atoms. The van der Waals surface area contributed by atoms with Gasteiger partial charge >= 0.3 is 0 Å². The van der Waals surface area contributed by atoms with E-state index in [9.17, 15) is 8.78 Å². The summed E-state index contributed by atoms with van der Waals surface area (Å²) < 4.78 is 30.0. The monoisotopic (exact) mass is 203 g/mol. The van der Waals surface area contributed by atoms with Gasteiger partial charge in [0.2, 0.25) is 0 Å². The summed E-state index contributed by atoms with van der Waals surface area (Å²) in [6.45, 7) is -0.0876. The van der Waals surface area contributed by atoms with Crippen molar-refractivity contribution >= 4 is 5.82 Å². The molecule has 0 spiro atoms. The average molecular weight is 203 g/mol. The number of hydrogen-bond donors (Lipinski definition) is 2. The Balaban J connectivity index is 3.36. The third-order valence-electron chi connectivity index (χ3n) is 1.86. The van der Waals surface area contributed by atoms with Crippen molar-refractivity contribution in [1.82, 2.24) is 4.98 Å². The number of pyridine rings is 1. The Bertz CT molecular complexity index is 331. The van der Waals surface area contributed by atoms with Gasteiger partial charge in [-0.25, -0.2) is 13.8 Å². The average Bonchev–Trinajstić information content (AvgIpc) is 2.17. The minimum absolute atomic E-state index is 0.00894. The Labute approximate surface area is 79.9 Å². The van der Waals surface area contributed by atoms with Crippen molar-refractivity contribution in [2.45, 2.75) is 13.0 Å². The first kappa shape index (κ1) is 10.6. The van der Waals surface area contributed by atoms with E-state index in [0.717, 1.165) is 6.20 Å². The number of nitrogens with zero attached hydrogens (tertiary/aromatic N) is 1. The van der Waals surface area contributed by atoms with Crippen LogP contribution in [0, 0.1) is 0 Å². The maximum Gasteiger partial charge on any atom is 0.267 e. The van der Waals surface area contributed by atoms with E-state index >= 15 is 0 Å². The fraction of sp³-hybridized carbons (Fsp3) is 0.375. The van der Waals surface area contributed by atoms with Crippen molar-refractivity contribution in [3.05, 3.63) is 17.3 Å². The van der Waals surface area contributed by atoms with Crippen molar-refractivity contribution in [2.75, 3.05) is 12.8 Å². The van der Waals surface area contributed by atoms with Crippen LogP contribution in [0.1, 0.15) is 17.6 Å². The molecule has 6 heteroatoms. The van der Waals surface area contributed by atoms with Crippen LogP contribution in [-0.2, 0) is 6.54 Å². The van der Waals surface area contributed by atoms with Crippen LogP contribution in [0.2, 0.25) is 0 Å². The molecule has 0 saturated heterocycles. The van der Waals surface area contributed by atoms with Gasteiger partial charge in [0.15, 0.2) is 0 Å². The topological polar surface area (TPSA) is 74.2 Å². The van der Waals surface area contributed by atoms with Crippen LogP contribution in [0.15, 0.2) is 6.20 Å². The summed E-state index contributed by atoms with van der Waals surface area (Å²) in [4.78, 5) is 3.70. The number of ether oxygens (including phenoxy) is 1. The summed E-state index contributed by atoms with van der Waals surface area (Å²) in [7, 11) is 1.29. The standard InChI is InChI=1S/C8H11F2N3O/c1-14-5-3-13-8(12)4(2-11)6(5)7(9)10/h3,7H,2,11H2,1H3,(H2,12,13). The molecule has 0 saturated carbocycles. The molecule has 0 bridgehead atoms. The molecule has 4 N–H and O–H groups in total. The number of nitrogens with two attached hydrogens (primary N) is 2. The van der Waals surface area contributed by atoms with Crippen LogP contribution in [-0.4, -0.2) is 12.1 Å². The lowest BCUT2D eigenvalue weighted by molar-refractivity contribution is 0.145. The molecule has 4 nitrogen and oxygen atoms in total. The first-order valence-electron chi connectivity index (χ1n) is 3.91. The number of anilines is 1. The van der Waals surface area contributed by atoms with Crippen molar-refractivity contribution in [2.24, 2.45) is 5.73 Å². The third-order valence-corrected chi connectivity index (χ3v) is 1.86. The highest BCUT2D eigenvalue weighted by atomic mass is 19.3. The molecule has 0 aliphatic rings. The van der Waals surface area contributed by atoms with Gasteiger partial charge in [0.25, 0.3) is 6.43 Å². The van der Waals surface area contributed by atoms with Gasteiger partial charge in [0.1, 0.15) is 11.6 Å². The molecular formula is C8H11F2N3O. The largest absolute Gasteiger partial charge is 0.495 e. The van der Waals surface area contributed by atoms with E-state index in [-0.39, 0.29) is 29.2 Å². The predicted octanol–water partition coefficient (Wildman–Crippen LogP) is 1.07. The zero-order chi connectivity index (χ0) is 10.7. The SMILES string of the molecule is COc1cnc(N)c(CN)c1C(F)F. The van der Waals surface area contributed by atoms with E-state index in [2.05, 4.69) is 4.98 Å². The summed E-state index contributed by atoms with van der Waals surface area (Å²) in [6.07, 6.45) is -1.51. The molecule has 1 aromatic rings. The van der Waals surface area contributed by atoms with Crippen LogP contribution in [0.5, 0.6) is 5.75 Å². The minimum atomic E-state index is -2.67. The van der Waals surface area contributed by atoms with Crippen LogP contribution >= 0.6 is 0 Å². The van der Waals surface area contributed by atoms with E-state index in [0.29, 0.717) is 0 Å². The smallest absolute Gasteiger partial charge is 0.267 e. The number of methoxy groups -OCH3 is 1. The first-order chi connectivity index (χ1) is 6.61. The molecule has 0 amide bonds. The number of aromatic nitrogens is 1. The van der Waals surface area contributed by atoms with E-state index in [1.807, 2.05) is 0 Å². The summed E-state index contributed by atoms with van der Waals surface area (Å²) in [5.74, 6) is 0.0262. The third kappa shape index (κ3) is 1.74. The van der Waals surface area contributed by atoms with Gasteiger partial charge in [0, 0.05) is 12.1 Å². The van der Waals surface area contributed by atoms with Gasteiger partial charge < -0.3 is 16.2 Å². The van der Waals surface area contributed by atoms with E-state index < -0.39 is 6.43 Å². The Morgan fingerprint density at radius 2 is 2.21 bits per heavy atom. The highest BCUT2D eigenvalue weighted by molar-refractivity contribution is 5.51. The van der Waals surface area contributed by atoms with Crippen molar-refractivity contribution in [3.63, 3.8) is 0 Å². The molecule has 0 aromatic carbocycles. The van der Waals surface area contributed by atoms with Gasteiger partial charge in [-0.15, -0.1) is 0 Å². The summed E-state index contributed by atoms with van der Waals surface area (Å²) in [5, 5.41) is 0. The summed E-state index contributed by atoms with van der Waals surface area (Å²) in [6, 6.07) is 0. The Morgan fingerprint density at radius 1 is 1.57 bits per heavy atom. The fourth-order valence-electron chi connectivity index (χ4n) is 1.18. The number of halogens is 2. The van der Waals surface area contributed by atoms with Crippen LogP contribution in [0.25, 0.3) is 0 Å². The van der Waals surface area contributed by atoms with Gasteiger partial charge in [0.05, 0.1) is 18.9 Å². The molecule has 0 fully saturated rings. The maximum atomic E-state index is 12.6. The molecule has 0 atom stereocenters. The molecular weight excluding hydrogens is 192 g/mol. The molecule has 0 radical (unpaired) electrons. The van der Waals surface area contributed by atoms with E-state index in [4.69, 9.17) is 16.2 Å². The molecule has 78 valence electrons. The Hall–Kier alpha value is -1.43. The van der Waals surface area contributed by atoms with Crippen LogP contribution in [0.3, 0.4) is 0 Å².